The van der Waals surface area contributed by atoms with Crippen molar-refractivity contribution in [1.82, 2.24) is 20.0 Å². The lowest BCUT2D eigenvalue weighted by atomic mass is 10.1. The van der Waals surface area contributed by atoms with Crippen LogP contribution in [0.4, 0.5) is 5.69 Å². The molecule has 1 aliphatic rings. The number of fused-ring (bicyclic) bond motifs is 1. The fraction of sp³-hybridized carbons (Fsp3) is 0.391. The zero-order valence-electron chi connectivity index (χ0n) is 17.5. The maximum atomic E-state index is 4.68. The third-order valence-electron chi connectivity index (χ3n) is 5.60. The quantitative estimate of drug-likeness (QED) is 0.516. The molecule has 0 saturated carbocycles. The molecule has 29 heavy (non-hydrogen) atoms. The van der Waals surface area contributed by atoms with Crippen LogP contribution in [0.15, 0.2) is 53.7 Å². The van der Waals surface area contributed by atoms with E-state index in [9.17, 15) is 0 Å². The fourth-order valence-electron chi connectivity index (χ4n) is 3.91. The SMILES string of the molecule is CN=C(NCc1cn2c(C)cccc2n1)NC(C)c1cccc(N2CCCC2)c1. The molecule has 4 rings (SSSR count). The predicted molar refractivity (Wildman–Crippen MR) is 120 cm³/mol. The predicted octanol–water partition coefficient (Wildman–Crippen LogP) is 3.67. The first-order valence-electron chi connectivity index (χ1n) is 10.4. The second-order valence-corrected chi connectivity index (χ2v) is 7.71. The first-order valence-corrected chi connectivity index (χ1v) is 10.4. The summed E-state index contributed by atoms with van der Waals surface area (Å²) in [4.78, 5) is 11.5. The van der Waals surface area contributed by atoms with Crippen molar-refractivity contribution in [3.8, 4) is 0 Å². The lowest BCUT2D eigenvalue weighted by Crippen LogP contribution is -2.38. The number of rotatable bonds is 5. The number of imidazole rings is 1. The van der Waals surface area contributed by atoms with Gasteiger partial charge in [-0.3, -0.25) is 4.99 Å². The van der Waals surface area contributed by atoms with Crippen molar-refractivity contribution in [1.29, 1.82) is 0 Å². The van der Waals surface area contributed by atoms with Crippen molar-refractivity contribution in [3.05, 3.63) is 65.6 Å². The van der Waals surface area contributed by atoms with E-state index in [-0.39, 0.29) is 6.04 Å². The van der Waals surface area contributed by atoms with Gasteiger partial charge in [0, 0.05) is 37.7 Å². The molecule has 1 unspecified atom stereocenters. The van der Waals surface area contributed by atoms with Crippen molar-refractivity contribution < 1.29 is 0 Å². The molecular weight excluding hydrogens is 360 g/mol. The number of pyridine rings is 1. The number of nitrogens with zero attached hydrogens (tertiary/aromatic N) is 4. The van der Waals surface area contributed by atoms with Crippen LogP contribution in [0.2, 0.25) is 0 Å². The summed E-state index contributed by atoms with van der Waals surface area (Å²) in [7, 11) is 1.80. The van der Waals surface area contributed by atoms with Gasteiger partial charge in [0.05, 0.1) is 18.3 Å². The number of aryl methyl sites for hydroxylation is 1. The van der Waals surface area contributed by atoms with Gasteiger partial charge in [0.2, 0.25) is 0 Å². The number of nitrogens with one attached hydrogen (secondary N) is 2. The molecule has 1 atom stereocenters. The molecule has 2 N–H and O–H groups in total. The largest absolute Gasteiger partial charge is 0.372 e. The maximum absolute atomic E-state index is 4.68. The van der Waals surface area contributed by atoms with Crippen molar-refractivity contribution in [3.63, 3.8) is 0 Å². The smallest absolute Gasteiger partial charge is 0.191 e. The van der Waals surface area contributed by atoms with Gasteiger partial charge in [-0.25, -0.2) is 4.98 Å². The minimum Gasteiger partial charge on any atom is -0.372 e. The van der Waals surface area contributed by atoms with Gasteiger partial charge in [-0.1, -0.05) is 18.2 Å². The highest BCUT2D eigenvalue weighted by atomic mass is 15.2. The molecule has 0 amide bonds. The van der Waals surface area contributed by atoms with Gasteiger partial charge in [0.15, 0.2) is 5.96 Å². The molecule has 3 aromatic rings. The lowest BCUT2D eigenvalue weighted by molar-refractivity contribution is 0.683. The number of benzene rings is 1. The summed E-state index contributed by atoms with van der Waals surface area (Å²) in [5.74, 6) is 0.776. The molecule has 6 heteroatoms. The Balaban J connectivity index is 1.39. The Hall–Kier alpha value is -3.02. The van der Waals surface area contributed by atoms with Gasteiger partial charge >= 0.3 is 0 Å². The van der Waals surface area contributed by atoms with E-state index in [1.807, 2.05) is 12.1 Å². The van der Waals surface area contributed by atoms with Crippen LogP contribution in [0.5, 0.6) is 0 Å². The fourth-order valence-corrected chi connectivity index (χ4v) is 3.91. The zero-order chi connectivity index (χ0) is 20.2. The molecule has 1 aliphatic heterocycles. The van der Waals surface area contributed by atoms with E-state index in [4.69, 9.17) is 0 Å². The highest BCUT2D eigenvalue weighted by molar-refractivity contribution is 5.80. The maximum Gasteiger partial charge on any atom is 0.191 e. The lowest BCUT2D eigenvalue weighted by Gasteiger charge is -2.22. The molecule has 152 valence electrons. The van der Waals surface area contributed by atoms with Crippen molar-refractivity contribution in [2.45, 2.75) is 39.3 Å². The summed E-state index contributed by atoms with van der Waals surface area (Å²) >= 11 is 0. The average molecular weight is 391 g/mol. The summed E-state index contributed by atoms with van der Waals surface area (Å²) in [5, 5.41) is 6.89. The van der Waals surface area contributed by atoms with E-state index in [0.29, 0.717) is 6.54 Å². The van der Waals surface area contributed by atoms with Crippen LogP contribution in [0.3, 0.4) is 0 Å². The zero-order valence-corrected chi connectivity index (χ0v) is 17.5. The second-order valence-electron chi connectivity index (χ2n) is 7.71. The van der Waals surface area contributed by atoms with Gasteiger partial charge in [-0.2, -0.15) is 0 Å². The highest BCUT2D eigenvalue weighted by Gasteiger charge is 2.14. The summed E-state index contributed by atoms with van der Waals surface area (Å²) in [6.07, 6.45) is 4.66. The Morgan fingerprint density at radius 2 is 1.97 bits per heavy atom. The first-order chi connectivity index (χ1) is 14.1. The highest BCUT2D eigenvalue weighted by Crippen LogP contribution is 2.24. The number of guanidine groups is 1. The van der Waals surface area contributed by atoms with Gasteiger partial charge in [0.25, 0.3) is 0 Å². The summed E-state index contributed by atoms with van der Waals surface area (Å²) in [6.45, 7) is 7.20. The molecule has 0 bridgehead atoms. The Kier molecular flexibility index (Phi) is 5.69. The van der Waals surface area contributed by atoms with E-state index < -0.39 is 0 Å². The standard InChI is InChI=1S/C23H30N6/c1-17-8-6-11-22-27-20(16-29(17)22)15-25-23(24-3)26-18(2)19-9-7-10-21(14-19)28-12-4-5-13-28/h6-11,14,16,18H,4-5,12-13,15H2,1-3H3,(H2,24,25,26). The third kappa shape index (κ3) is 4.36. The molecule has 2 aromatic heterocycles. The second kappa shape index (κ2) is 8.55. The molecule has 0 spiro atoms. The minimum absolute atomic E-state index is 0.159. The Labute approximate surface area is 172 Å². The van der Waals surface area contributed by atoms with E-state index in [0.717, 1.165) is 30.4 Å². The van der Waals surface area contributed by atoms with Gasteiger partial charge < -0.3 is 19.9 Å². The third-order valence-corrected chi connectivity index (χ3v) is 5.60. The Bertz CT molecular complexity index is 1000. The van der Waals surface area contributed by atoms with Crippen LogP contribution in [0.1, 0.15) is 42.8 Å². The van der Waals surface area contributed by atoms with Gasteiger partial charge in [-0.05, 0) is 56.5 Å². The van der Waals surface area contributed by atoms with Crippen molar-refractivity contribution >= 4 is 17.3 Å². The number of hydrogen-bond donors (Lipinski definition) is 2. The number of anilines is 1. The Morgan fingerprint density at radius 3 is 2.72 bits per heavy atom. The monoisotopic (exact) mass is 390 g/mol. The van der Waals surface area contributed by atoms with Crippen LogP contribution >= 0.6 is 0 Å². The molecule has 6 nitrogen and oxygen atoms in total. The summed E-state index contributed by atoms with van der Waals surface area (Å²) in [6, 6.07) is 15.1. The van der Waals surface area contributed by atoms with Crippen LogP contribution in [0.25, 0.3) is 5.65 Å². The van der Waals surface area contributed by atoms with E-state index in [1.165, 1.54) is 29.8 Å². The van der Waals surface area contributed by atoms with Crippen LogP contribution in [0, 0.1) is 6.92 Å². The van der Waals surface area contributed by atoms with Crippen molar-refractivity contribution in [2.24, 2.45) is 4.99 Å². The van der Waals surface area contributed by atoms with Gasteiger partial charge in [0.1, 0.15) is 5.65 Å². The molecule has 1 saturated heterocycles. The molecule has 1 aromatic carbocycles. The first kappa shape index (κ1) is 19.3. The summed E-state index contributed by atoms with van der Waals surface area (Å²) < 4.78 is 2.11. The van der Waals surface area contributed by atoms with Gasteiger partial charge in [-0.15, -0.1) is 0 Å². The number of hydrogen-bond acceptors (Lipinski definition) is 3. The van der Waals surface area contributed by atoms with Crippen LogP contribution < -0.4 is 15.5 Å². The summed E-state index contributed by atoms with van der Waals surface area (Å²) in [5.41, 5.74) is 5.72. The molecule has 3 heterocycles. The minimum atomic E-state index is 0.159. The molecule has 0 aliphatic carbocycles. The van der Waals surface area contributed by atoms with E-state index >= 15 is 0 Å². The van der Waals surface area contributed by atoms with E-state index in [1.54, 1.807) is 7.05 Å². The van der Waals surface area contributed by atoms with Crippen molar-refractivity contribution in [2.75, 3.05) is 25.0 Å². The molecule has 1 fully saturated rings. The molecule has 0 radical (unpaired) electrons. The number of aliphatic imine (C=N–C) groups is 1. The van der Waals surface area contributed by atoms with Crippen LogP contribution in [-0.4, -0.2) is 35.5 Å². The molecular formula is C23H30N6. The number of aromatic nitrogens is 2. The topological polar surface area (TPSA) is 57.0 Å². The van der Waals surface area contributed by atoms with Crippen LogP contribution in [-0.2, 0) is 6.54 Å². The normalized spacial score (nSPS) is 15.7. The van der Waals surface area contributed by atoms with E-state index in [2.05, 4.69) is 80.3 Å². The average Bonchev–Trinajstić information content (AvgIpc) is 3.41. The Morgan fingerprint density at radius 1 is 1.17 bits per heavy atom.